The molecule has 0 aliphatic heterocycles. The monoisotopic (exact) mass is 492 g/mol. The first kappa shape index (κ1) is 15.2. The quantitative estimate of drug-likeness (QED) is 0.390. The second kappa shape index (κ2) is 7.02. The Labute approximate surface area is 143 Å². The minimum atomic E-state index is 0.151. The Hall–Kier alpha value is -1.16. The van der Waals surface area contributed by atoms with Crippen molar-refractivity contribution in [2.75, 3.05) is 0 Å². The Morgan fingerprint density at radius 2 is 1.55 bits per heavy atom. The predicted molar refractivity (Wildman–Crippen MR) is 96.8 cm³/mol. The van der Waals surface area contributed by atoms with E-state index in [9.17, 15) is 10.2 Å². The van der Waals surface area contributed by atoms with Crippen LogP contribution < -0.4 is 0 Å². The Bertz CT molecular complexity index is 685. The van der Waals surface area contributed by atoms with Crippen LogP contribution in [0.15, 0.2) is 46.6 Å². The fourth-order valence-corrected chi connectivity index (χ4v) is 3.36. The van der Waals surface area contributed by atoms with Crippen LogP contribution in [-0.4, -0.2) is 22.6 Å². The molecule has 6 heteroatoms. The van der Waals surface area contributed by atoms with E-state index in [1.807, 2.05) is 12.1 Å². The second-order valence-corrected chi connectivity index (χ2v) is 6.28. The van der Waals surface area contributed by atoms with Crippen LogP contribution in [0.25, 0.3) is 0 Å². The molecule has 0 fully saturated rings. The third kappa shape index (κ3) is 3.92. The standard InChI is InChI=1S/C14H10I2N2O2/c15-11-5-10(14(20)12(16)6-11)8-18-17-7-9-3-1-2-4-13(9)19/h1-8,19-20H/b17-7+,18-8+. The zero-order valence-corrected chi connectivity index (χ0v) is 14.5. The van der Waals surface area contributed by atoms with Gasteiger partial charge in [-0.25, -0.2) is 0 Å². The first-order chi connectivity index (χ1) is 9.58. The SMILES string of the molecule is Oc1ccccc1/C=N/N=C/c1cc(I)cc(I)c1O. The molecule has 0 unspecified atom stereocenters. The largest absolute Gasteiger partial charge is 0.507 e. The lowest BCUT2D eigenvalue weighted by molar-refractivity contribution is 0.470. The van der Waals surface area contributed by atoms with E-state index in [1.165, 1.54) is 12.4 Å². The summed E-state index contributed by atoms with van der Waals surface area (Å²) in [5, 5.41) is 27.2. The molecule has 0 amide bonds. The fraction of sp³-hybridized carbons (Fsp3) is 0. The topological polar surface area (TPSA) is 65.2 Å². The normalized spacial score (nSPS) is 11.5. The van der Waals surface area contributed by atoms with Gasteiger partial charge < -0.3 is 10.2 Å². The number of halogens is 2. The van der Waals surface area contributed by atoms with Crippen LogP contribution in [0, 0.1) is 7.14 Å². The van der Waals surface area contributed by atoms with Crippen molar-refractivity contribution in [2.45, 2.75) is 0 Å². The lowest BCUT2D eigenvalue weighted by Crippen LogP contribution is -1.87. The Morgan fingerprint density at radius 1 is 0.900 bits per heavy atom. The van der Waals surface area contributed by atoms with Gasteiger partial charge in [0.05, 0.1) is 16.0 Å². The molecule has 102 valence electrons. The van der Waals surface area contributed by atoms with Crippen molar-refractivity contribution in [1.82, 2.24) is 0 Å². The highest BCUT2D eigenvalue weighted by Gasteiger charge is 2.04. The number of aromatic hydroxyl groups is 2. The number of phenols is 2. The smallest absolute Gasteiger partial charge is 0.137 e. The highest BCUT2D eigenvalue weighted by Crippen LogP contribution is 2.25. The number of benzene rings is 2. The van der Waals surface area contributed by atoms with E-state index < -0.39 is 0 Å². The number of hydrogen-bond donors (Lipinski definition) is 2. The van der Waals surface area contributed by atoms with Gasteiger partial charge in [0.2, 0.25) is 0 Å². The van der Waals surface area contributed by atoms with Crippen LogP contribution in [0.5, 0.6) is 11.5 Å². The van der Waals surface area contributed by atoms with Crippen molar-refractivity contribution in [3.8, 4) is 11.5 Å². The molecule has 0 spiro atoms. The summed E-state index contributed by atoms with van der Waals surface area (Å²) in [5.74, 6) is 0.339. The third-order valence-electron chi connectivity index (χ3n) is 2.45. The van der Waals surface area contributed by atoms with Crippen molar-refractivity contribution in [3.63, 3.8) is 0 Å². The third-order valence-corrected chi connectivity index (χ3v) is 3.90. The summed E-state index contributed by atoms with van der Waals surface area (Å²) in [4.78, 5) is 0. The van der Waals surface area contributed by atoms with Crippen LogP contribution in [0.3, 0.4) is 0 Å². The van der Waals surface area contributed by atoms with Crippen LogP contribution in [0.4, 0.5) is 0 Å². The average molecular weight is 492 g/mol. The minimum absolute atomic E-state index is 0.151. The summed E-state index contributed by atoms with van der Waals surface area (Å²) < 4.78 is 1.77. The van der Waals surface area contributed by atoms with Gasteiger partial charge in [0.15, 0.2) is 0 Å². The Morgan fingerprint density at radius 3 is 2.25 bits per heavy atom. The molecule has 0 radical (unpaired) electrons. The molecule has 2 aromatic rings. The zero-order valence-electron chi connectivity index (χ0n) is 10.2. The number of hydrogen-bond acceptors (Lipinski definition) is 4. The van der Waals surface area contributed by atoms with Gasteiger partial charge in [-0.15, -0.1) is 0 Å². The summed E-state index contributed by atoms with van der Waals surface area (Å²) in [5.41, 5.74) is 1.20. The molecule has 0 saturated carbocycles. The first-order valence-corrected chi connectivity index (χ1v) is 7.76. The zero-order chi connectivity index (χ0) is 14.5. The molecule has 0 atom stereocenters. The lowest BCUT2D eigenvalue weighted by Gasteiger charge is -2.01. The van der Waals surface area contributed by atoms with Gasteiger partial charge in [-0.2, -0.15) is 10.2 Å². The van der Waals surface area contributed by atoms with E-state index >= 15 is 0 Å². The molecular weight excluding hydrogens is 482 g/mol. The molecule has 20 heavy (non-hydrogen) atoms. The highest BCUT2D eigenvalue weighted by atomic mass is 127. The van der Waals surface area contributed by atoms with Gasteiger partial charge in [0.1, 0.15) is 11.5 Å². The van der Waals surface area contributed by atoms with Crippen molar-refractivity contribution in [2.24, 2.45) is 10.2 Å². The summed E-state index contributed by atoms with van der Waals surface area (Å²) >= 11 is 4.24. The van der Waals surface area contributed by atoms with Gasteiger partial charge in [0.25, 0.3) is 0 Å². The second-order valence-electron chi connectivity index (χ2n) is 3.87. The van der Waals surface area contributed by atoms with E-state index in [0.717, 1.165) is 7.14 Å². The number of nitrogens with zero attached hydrogens (tertiary/aromatic N) is 2. The highest BCUT2D eigenvalue weighted by molar-refractivity contribution is 14.1. The van der Waals surface area contributed by atoms with Crippen LogP contribution in [-0.2, 0) is 0 Å². The van der Waals surface area contributed by atoms with Crippen molar-refractivity contribution >= 4 is 57.6 Å². The maximum Gasteiger partial charge on any atom is 0.137 e. The molecular formula is C14H10I2N2O2. The number of rotatable bonds is 3. The molecule has 4 nitrogen and oxygen atoms in total. The van der Waals surface area contributed by atoms with Crippen molar-refractivity contribution in [1.29, 1.82) is 0 Å². The number of para-hydroxylation sites is 1. The predicted octanol–water partition coefficient (Wildman–Crippen LogP) is 3.76. The Balaban J connectivity index is 2.17. The molecule has 0 aromatic heterocycles. The molecule has 0 aliphatic rings. The maximum absolute atomic E-state index is 9.89. The number of phenolic OH excluding ortho intramolecular Hbond substituents is 2. The molecule has 0 bridgehead atoms. The van der Waals surface area contributed by atoms with E-state index in [0.29, 0.717) is 11.1 Å². The first-order valence-electron chi connectivity index (χ1n) is 5.60. The average Bonchev–Trinajstić information content (AvgIpc) is 2.41. The summed E-state index contributed by atoms with van der Waals surface area (Å²) in [6.45, 7) is 0. The van der Waals surface area contributed by atoms with Crippen molar-refractivity contribution in [3.05, 3.63) is 54.7 Å². The summed E-state index contributed by atoms with van der Waals surface area (Å²) in [6.07, 6.45) is 2.94. The molecule has 0 aliphatic carbocycles. The van der Waals surface area contributed by atoms with Crippen LogP contribution >= 0.6 is 45.2 Å². The molecule has 0 saturated heterocycles. The summed E-state index contributed by atoms with van der Waals surface area (Å²) in [7, 11) is 0. The molecule has 2 N–H and O–H groups in total. The van der Waals surface area contributed by atoms with Gasteiger partial charge >= 0.3 is 0 Å². The van der Waals surface area contributed by atoms with Gasteiger partial charge in [-0.05, 0) is 69.4 Å². The molecule has 2 aromatic carbocycles. The summed E-state index contributed by atoms with van der Waals surface area (Å²) in [6, 6.07) is 10.6. The van der Waals surface area contributed by atoms with Gasteiger partial charge in [0, 0.05) is 14.7 Å². The Kier molecular flexibility index (Phi) is 5.35. The van der Waals surface area contributed by atoms with Gasteiger partial charge in [-0.3, -0.25) is 0 Å². The lowest BCUT2D eigenvalue weighted by atomic mass is 10.2. The fourth-order valence-electron chi connectivity index (χ4n) is 1.47. The van der Waals surface area contributed by atoms with E-state index in [2.05, 4.69) is 55.4 Å². The molecule has 2 rings (SSSR count). The maximum atomic E-state index is 9.89. The van der Waals surface area contributed by atoms with E-state index in [-0.39, 0.29) is 11.5 Å². The van der Waals surface area contributed by atoms with Crippen molar-refractivity contribution < 1.29 is 10.2 Å². The van der Waals surface area contributed by atoms with Crippen LogP contribution in [0.2, 0.25) is 0 Å². The van der Waals surface area contributed by atoms with E-state index in [4.69, 9.17) is 0 Å². The van der Waals surface area contributed by atoms with E-state index in [1.54, 1.807) is 24.3 Å². The molecule has 0 heterocycles. The minimum Gasteiger partial charge on any atom is -0.507 e. The van der Waals surface area contributed by atoms with Gasteiger partial charge in [-0.1, -0.05) is 12.1 Å². The van der Waals surface area contributed by atoms with Crippen LogP contribution in [0.1, 0.15) is 11.1 Å².